The Hall–Kier alpha value is -1.81. The molecule has 0 aliphatic rings. The fourth-order valence-electron chi connectivity index (χ4n) is 1.64. The fourth-order valence-corrected chi connectivity index (χ4v) is 1.64. The van der Waals surface area contributed by atoms with Gasteiger partial charge in [-0.25, -0.2) is 4.98 Å². The van der Waals surface area contributed by atoms with E-state index in [0.29, 0.717) is 6.61 Å². The molecule has 18 heavy (non-hydrogen) atoms. The van der Waals surface area contributed by atoms with Gasteiger partial charge in [0, 0.05) is 18.4 Å². The van der Waals surface area contributed by atoms with Gasteiger partial charge in [-0.05, 0) is 25.1 Å². The lowest BCUT2D eigenvalue weighted by atomic mass is 10.3. The molecule has 2 aromatic rings. The van der Waals surface area contributed by atoms with Crippen LogP contribution in [0.25, 0.3) is 0 Å². The van der Waals surface area contributed by atoms with Gasteiger partial charge in [-0.15, -0.1) is 0 Å². The van der Waals surface area contributed by atoms with Crippen LogP contribution in [-0.2, 0) is 13.2 Å². The molecular formula is C14H19N3O. The van der Waals surface area contributed by atoms with Gasteiger partial charge in [-0.3, -0.25) is 0 Å². The van der Waals surface area contributed by atoms with Gasteiger partial charge in [0.1, 0.15) is 18.2 Å². The molecule has 0 atom stereocenters. The lowest BCUT2D eigenvalue weighted by molar-refractivity contribution is 0.297. The van der Waals surface area contributed by atoms with Gasteiger partial charge >= 0.3 is 0 Å². The number of aromatic nitrogens is 2. The maximum absolute atomic E-state index is 5.62. The highest BCUT2D eigenvalue weighted by atomic mass is 16.5. The number of H-pyrrole nitrogens is 1. The Bertz CT molecular complexity index is 453. The number of aromatic amines is 1. The summed E-state index contributed by atoms with van der Waals surface area (Å²) < 4.78 is 5.62. The lowest BCUT2D eigenvalue weighted by Crippen LogP contribution is -2.14. The van der Waals surface area contributed by atoms with E-state index in [0.717, 1.165) is 36.8 Å². The molecule has 0 aliphatic carbocycles. The van der Waals surface area contributed by atoms with Crippen molar-refractivity contribution in [2.24, 2.45) is 0 Å². The van der Waals surface area contributed by atoms with Crippen molar-refractivity contribution >= 4 is 0 Å². The first-order valence-electron chi connectivity index (χ1n) is 6.30. The Kier molecular flexibility index (Phi) is 4.78. The van der Waals surface area contributed by atoms with Gasteiger partial charge in [0.15, 0.2) is 0 Å². The van der Waals surface area contributed by atoms with Crippen molar-refractivity contribution in [1.82, 2.24) is 15.3 Å². The Morgan fingerprint density at radius 2 is 2.11 bits per heavy atom. The number of benzene rings is 1. The largest absolute Gasteiger partial charge is 0.486 e. The molecule has 0 aliphatic heterocycles. The van der Waals surface area contributed by atoms with Gasteiger partial charge < -0.3 is 15.0 Å². The summed E-state index contributed by atoms with van der Waals surface area (Å²) in [6.07, 6.45) is 2.99. The molecule has 0 fully saturated rings. The smallest absolute Gasteiger partial charge is 0.146 e. The third-order valence-electron chi connectivity index (χ3n) is 2.54. The lowest BCUT2D eigenvalue weighted by Gasteiger charge is -2.03. The molecule has 2 N–H and O–H groups in total. The number of rotatable bonds is 7. The molecular weight excluding hydrogens is 226 g/mol. The van der Waals surface area contributed by atoms with Gasteiger partial charge in [-0.2, -0.15) is 0 Å². The summed E-state index contributed by atoms with van der Waals surface area (Å²) in [5, 5.41) is 3.33. The molecule has 1 aromatic heterocycles. The zero-order chi connectivity index (χ0) is 12.6. The second-order valence-corrected chi connectivity index (χ2v) is 4.13. The Morgan fingerprint density at radius 3 is 2.89 bits per heavy atom. The molecule has 1 heterocycles. The van der Waals surface area contributed by atoms with Crippen molar-refractivity contribution in [2.75, 3.05) is 6.54 Å². The third kappa shape index (κ3) is 3.89. The van der Waals surface area contributed by atoms with Crippen molar-refractivity contribution in [3.05, 3.63) is 48.0 Å². The molecule has 0 spiro atoms. The van der Waals surface area contributed by atoms with Crippen LogP contribution in [0.3, 0.4) is 0 Å². The van der Waals surface area contributed by atoms with E-state index in [1.54, 1.807) is 0 Å². The third-order valence-corrected chi connectivity index (χ3v) is 2.54. The first kappa shape index (κ1) is 12.6. The first-order valence-corrected chi connectivity index (χ1v) is 6.30. The minimum absolute atomic E-state index is 0.470. The summed E-state index contributed by atoms with van der Waals surface area (Å²) in [5.74, 6) is 1.71. The molecule has 0 saturated heterocycles. The topological polar surface area (TPSA) is 49.9 Å². The highest BCUT2D eigenvalue weighted by molar-refractivity contribution is 5.21. The molecule has 4 heteroatoms. The number of ether oxygens (including phenoxy) is 1. The number of hydrogen-bond acceptors (Lipinski definition) is 3. The molecule has 0 bridgehead atoms. The summed E-state index contributed by atoms with van der Waals surface area (Å²) in [6, 6.07) is 9.76. The zero-order valence-electron chi connectivity index (χ0n) is 10.6. The summed E-state index contributed by atoms with van der Waals surface area (Å²) >= 11 is 0. The minimum Gasteiger partial charge on any atom is -0.486 e. The van der Waals surface area contributed by atoms with Crippen molar-refractivity contribution in [3.63, 3.8) is 0 Å². The average Bonchev–Trinajstić information content (AvgIpc) is 2.86. The van der Waals surface area contributed by atoms with Crippen LogP contribution >= 0.6 is 0 Å². The van der Waals surface area contributed by atoms with Crippen LogP contribution < -0.4 is 10.1 Å². The van der Waals surface area contributed by atoms with E-state index in [1.165, 1.54) is 0 Å². The predicted octanol–water partition coefficient (Wildman–Crippen LogP) is 2.49. The summed E-state index contributed by atoms with van der Waals surface area (Å²) in [6.45, 7) is 4.47. The van der Waals surface area contributed by atoms with Gasteiger partial charge in [0.2, 0.25) is 0 Å². The van der Waals surface area contributed by atoms with Crippen molar-refractivity contribution in [3.8, 4) is 5.75 Å². The van der Waals surface area contributed by atoms with Gasteiger partial charge in [0.05, 0.1) is 0 Å². The average molecular weight is 245 g/mol. The van der Waals surface area contributed by atoms with Crippen LogP contribution in [0.15, 0.2) is 36.5 Å². The molecule has 0 unspecified atom stereocenters. The van der Waals surface area contributed by atoms with Gasteiger partial charge in [0.25, 0.3) is 0 Å². The van der Waals surface area contributed by atoms with Crippen LogP contribution in [0.1, 0.15) is 24.9 Å². The normalized spacial score (nSPS) is 10.5. The maximum Gasteiger partial charge on any atom is 0.146 e. The van der Waals surface area contributed by atoms with Crippen LogP contribution in [0.5, 0.6) is 5.75 Å². The number of para-hydroxylation sites is 1. The molecule has 1 aromatic carbocycles. The van der Waals surface area contributed by atoms with E-state index in [1.807, 2.05) is 36.5 Å². The fraction of sp³-hybridized carbons (Fsp3) is 0.357. The molecule has 4 nitrogen and oxygen atoms in total. The molecule has 0 saturated carbocycles. The zero-order valence-corrected chi connectivity index (χ0v) is 10.6. The van der Waals surface area contributed by atoms with Crippen LogP contribution in [0.2, 0.25) is 0 Å². The monoisotopic (exact) mass is 245 g/mol. The molecule has 96 valence electrons. The molecule has 0 amide bonds. The number of nitrogens with zero attached hydrogens (tertiary/aromatic N) is 1. The maximum atomic E-state index is 5.62. The van der Waals surface area contributed by atoms with Gasteiger partial charge in [-0.1, -0.05) is 25.1 Å². The quantitative estimate of drug-likeness (QED) is 0.737. The Balaban J connectivity index is 1.80. The van der Waals surface area contributed by atoms with Crippen molar-refractivity contribution in [1.29, 1.82) is 0 Å². The first-order chi connectivity index (χ1) is 8.88. The Labute approximate surface area is 107 Å². The molecule has 0 radical (unpaired) electrons. The standard InChI is InChI=1S/C14H19N3O/c1-2-8-15-9-12-10-16-14(17-12)11-18-13-6-4-3-5-7-13/h3-7,10,15H,2,8-9,11H2,1H3,(H,16,17). The van der Waals surface area contributed by atoms with Crippen molar-refractivity contribution < 1.29 is 4.74 Å². The van der Waals surface area contributed by atoms with E-state index in [4.69, 9.17) is 4.74 Å². The second kappa shape index (κ2) is 6.81. The summed E-state index contributed by atoms with van der Waals surface area (Å²) in [5.41, 5.74) is 1.09. The van der Waals surface area contributed by atoms with E-state index in [-0.39, 0.29) is 0 Å². The summed E-state index contributed by atoms with van der Waals surface area (Å²) in [7, 11) is 0. The highest BCUT2D eigenvalue weighted by Gasteiger charge is 2.01. The SMILES string of the molecule is CCCNCc1cnc(COc2ccccc2)[nH]1. The number of hydrogen-bond donors (Lipinski definition) is 2. The minimum atomic E-state index is 0.470. The van der Waals surface area contributed by atoms with E-state index < -0.39 is 0 Å². The predicted molar refractivity (Wildman–Crippen MR) is 71.4 cm³/mol. The van der Waals surface area contributed by atoms with Crippen LogP contribution in [-0.4, -0.2) is 16.5 Å². The number of nitrogens with one attached hydrogen (secondary N) is 2. The molecule has 2 rings (SSSR count). The van der Waals surface area contributed by atoms with E-state index in [9.17, 15) is 0 Å². The van der Waals surface area contributed by atoms with Crippen LogP contribution in [0, 0.1) is 0 Å². The highest BCUT2D eigenvalue weighted by Crippen LogP contribution is 2.10. The summed E-state index contributed by atoms with van der Waals surface area (Å²) in [4.78, 5) is 7.53. The Morgan fingerprint density at radius 1 is 1.28 bits per heavy atom. The van der Waals surface area contributed by atoms with Crippen LogP contribution in [0.4, 0.5) is 0 Å². The van der Waals surface area contributed by atoms with Crippen molar-refractivity contribution in [2.45, 2.75) is 26.5 Å². The number of imidazole rings is 1. The van der Waals surface area contributed by atoms with E-state index in [2.05, 4.69) is 22.2 Å². The van der Waals surface area contributed by atoms with E-state index >= 15 is 0 Å². The second-order valence-electron chi connectivity index (χ2n) is 4.13.